The number of carbonyl (C=O) groups excluding carboxylic acids is 1. The number of hydrogen-bond donors (Lipinski definition) is 1. The topological polar surface area (TPSA) is 116 Å². The molecule has 1 amide bonds. The van der Waals surface area contributed by atoms with Crippen LogP contribution in [0.15, 0.2) is 17.8 Å². The van der Waals surface area contributed by atoms with Gasteiger partial charge in [0, 0.05) is 18.0 Å². The Kier molecular flexibility index (Phi) is 7.00. The summed E-state index contributed by atoms with van der Waals surface area (Å²) in [4.78, 5) is 25.2. The van der Waals surface area contributed by atoms with E-state index < -0.39 is 18.6 Å². The third-order valence-corrected chi connectivity index (χ3v) is 1.44. The van der Waals surface area contributed by atoms with Gasteiger partial charge < -0.3 is 9.84 Å². The van der Waals surface area contributed by atoms with E-state index in [9.17, 15) is 9.59 Å². The number of nitrogens with zero attached hydrogens (tertiary/aromatic N) is 4. The molecular weight excluding hydrogens is 216 g/mol. The predicted octanol–water partition coefficient (Wildman–Crippen LogP) is 1.01. The molecule has 0 aliphatic rings. The number of ether oxygens (including phenoxy) is 1. The molecule has 0 radical (unpaired) electrons. The molecule has 0 unspecified atom stereocenters. The maximum absolute atomic E-state index is 11.3. The van der Waals surface area contributed by atoms with Gasteiger partial charge >= 0.3 is 12.1 Å². The lowest BCUT2D eigenvalue weighted by atomic mass is 10.5. The Morgan fingerprint density at radius 2 is 2.31 bits per heavy atom. The lowest BCUT2D eigenvalue weighted by Gasteiger charge is -2.18. The van der Waals surface area contributed by atoms with Crippen LogP contribution in [0.5, 0.6) is 0 Å². The zero-order valence-corrected chi connectivity index (χ0v) is 8.57. The van der Waals surface area contributed by atoms with Crippen molar-refractivity contribution in [3.63, 3.8) is 0 Å². The molecule has 8 heteroatoms. The van der Waals surface area contributed by atoms with Crippen LogP contribution in [0.1, 0.15) is 0 Å². The maximum atomic E-state index is 11.3. The summed E-state index contributed by atoms with van der Waals surface area (Å²) >= 11 is 0. The Hall–Kier alpha value is -2.21. The van der Waals surface area contributed by atoms with Crippen LogP contribution in [0, 0.1) is 0 Å². The third-order valence-electron chi connectivity index (χ3n) is 1.44. The van der Waals surface area contributed by atoms with Gasteiger partial charge in [-0.25, -0.2) is 4.79 Å². The molecule has 0 bridgehead atoms. The number of carboxylic acids is 1. The number of amides is 1. The second-order valence-corrected chi connectivity index (χ2v) is 2.64. The van der Waals surface area contributed by atoms with E-state index in [1.54, 1.807) is 0 Å². The summed E-state index contributed by atoms with van der Waals surface area (Å²) in [5, 5.41) is 11.7. The molecule has 0 fully saturated rings. The Morgan fingerprint density at radius 3 is 2.81 bits per heavy atom. The summed E-state index contributed by atoms with van der Waals surface area (Å²) in [5.41, 5.74) is 8.04. The first-order chi connectivity index (χ1) is 7.61. The van der Waals surface area contributed by atoms with Crippen LogP contribution in [0.2, 0.25) is 0 Å². The molecule has 0 heterocycles. The molecule has 0 aromatic carbocycles. The van der Waals surface area contributed by atoms with Gasteiger partial charge in [-0.05, 0) is 5.53 Å². The van der Waals surface area contributed by atoms with Crippen molar-refractivity contribution in [1.29, 1.82) is 0 Å². The van der Waals surface area contributed by atoms with Crippen LogP contribution in [0.4, 0.5) is 4.79 Å². The van der Waals surface area contributed by atoms with Crippen LogP contribution in [-0.4, -0.2) is 48.3 Å². The van der Waals surface area contributed by atoms with Gasteiger partial charge in [-0.2, -0.15) is 0 Å². The molecule has 0 aliphatic heterocycles. The second kappa shape index (κ2) is 8.13. The zero-order valence-electron chi connectivity index (χ0n) is 8.57. The van der Waals surface area contributed by atoms with Crippen molar-refractivity contribution in [1.82, 2.24) is 4.90 Å². The van der Waals surface area contributed by atoms with E-state index in [2.05, 4.69) is 21.3 Å². The maximum Gasteiger partial charge on any atom is 0.410 e. The van der Waals surface area contributed by atoms with Crippen molar-refractivity contribution in [3.8, 4) is 0 Å². The van der Waals surface area contributed by atoms with Gasteiger partial charge in [-0.15, -0.1) is 0 Å². The molecule has 0 atom stereocenters. The molecule has 0 aromatic heterocycles. The van der Waals surface area contributed by atoms with Gasteiger partial charge in [-0.1, -0.05) is 17.8 Å². The molecule has 1 N–H and O–H groups in total. The largest absolute Gasteiger partial charge is 0.480 e. The van der Waals surface area contributed by atoms with Crippen LogP contribution < -0.4 is 0 Å². The molecule has 0 aromatic rings. The van der Waals surface area contributed by atoms with E-state index in [1.165, 1.54) is 6.08 Å². The first kappa shape index (κ1) is 13.8. The minimum absolute atomic E-state index is 0.00350. The number of rotatable bonds is 7. The average Bonchev–Trinajstić information content (AvgIpc) is 2.24. The minimum atomic E-state index is -1.17. The van der Waals surface area contributed by atoms with Crippen LogP contribution in [0.25, 0.3) is 10.4 Å². The molecular formula is C8H12N4O4. The molecule has 8 nitrogen and oxygen atoms in total. The number of carbonyl (C=O) groups is 2. The fourth-order valence-electron chi connectivity index (χ4n) is 0.830. The Labute approximate surface area is 91.7 Å². The van der Waals surface area contributed by atoms with Gasteiger partial charge in [0.25, 0.3) is 0 Å². The molecule has 16 heavy (non-hydrogen) atoms. The fraction of sp³-hybridized carbons (Fsp3) is 0.500. The van der Waals surface area contributed by atoms with Gasteiger partial charge in [0.1, 0.15) is 13.2 Å². The zero-order chi connectivity index (χ0) is 12.4. The van der Waals surface area contributed by atoms with Crippen molar-refractivity contribution in [2.24, 2.45) is 5.11 Å². The number of azide groups is 1. The molecule has 0 aliphatic carbocycles. The van der Waals surface area contributed by atoms with E-state index in [0.717, 1.165) is 4.90 Å². The summed E-state index contributed by atoms with van der Waals surface area (Å²) in [5.74, 6) is -1.17. The van der Waals surface area contributed by atoms with Gasteiger partial charge in [0.05, 0.1) is 0 Å². The summed E-state index contributed by atoms with van der Waals surface area (Å²) < 4.78 is 4.66. The quantitative estimate of drug-likeness (QED) is 0.303. The third kappa shape index (κ3) is 6.28. The van der Waals surface area contributed by atoms with E-state index in [-0.39, 0.29) is 19.7 Å². The SMILES string of the molecule is C=CCOC(=O)N(CCN=[N+]=[N-])CC(=O)O. The highest BCUT2D eigenvalue weighted by molar-refractivity contribution is 5.76. The van der Waals surface area contributed by atoms with E-state index >= 15 is 0 Å². The van der Waals surface area contributed by atoms with Crippen molar-refractivity contribution in [3.05, 3.63) is 23.1 Å². The number of aliphatic carboxylic acids is 1. The Morgan fingerprint density at radius 1 is 1.62 bits per heavy atom. The lowest BCUT2D eigenvalue weighted by molar-refractivity contribution is -0.137. The molecule has 0 saturated carbocycles. The average molecular weight is 228 g/mol. The monoisotopic (exact) mass is 228 g/mol. The van der Waals surface area contributed by atoms with Gasteiger partial charge in [-0.3, -0.25) is 9.69 Å². The van der Waals surface area contributed by atoms with E-state index in [0.29, 0.717) is 0 Å². The summed E-state index contributed by atoms with van der Waals surface area (Å²) in [6, 6.07) is 0. The Balaban J connectivity index is 4.27. The number of carboxylic acid groups (broad SMARTS) is 1. The van der Waals surface area contributed by atoms with E-state index in [1.807, 2.05) is 0 Å². The number of hydrogen-bond acceptors (Lipinski definition) is 4. The summed E-state index contributed by atoms with van der Waals surface area (Å²) in [6.07, 6.45) is 0.583. The smallest absolute Gasteiger partial charge is 0.410 e. The lowest BCUT2D eigenvalue weighted by Crippen LogP contribution is -2.37. The standard InChI is InChI=1S/C8H12N4O4/c1-2-5-16-8(15)12(6-7(13)14)4-3-10-11-9/h2H,1,3-6H2,(H,13,14). The van der Waals surface area contributed by atoms with Crippen molar-refractivity contribution in [2.45, 2.75) is 0 Å². The summed E-state index contributed by atoms with van der Waals surface area (Å²) in [6.45, 7) is 2.83. The normalized spacial score (nSPS) is 8.75. The van der Waals surface area contributed by atoms with Crippen molar-refractivity contribution in [2.75, 3.05) is 26.2 Å². The fourth-order valence-corrected chi connectivity index (χ4v) is 0.830. The highest BCUT2D eigenvalue weighted by Crippen LogP contribution is 1.95. The van der Waals surface area contributed by atoms with Crippen molar-refractivity contribution >= 4 is 12.1 Å². The Bertz CT molecular complexity index is 311. The van der Waals surface area contributed by atoms with Crippen LogP contribution in [0.3, 0.4) is 0 Å². The van der Waals surface area contributed by atoms with Crippen LogP contribution >= 0.6 is 0 Å². The van der Waals surface area contributed by atoms with Gasteiger partial charge in [0.2, 0.25) is 0 Å². The molecule has 0 spiro atoms. The molecule has 0 saturated heterocycles. The van der Waals surface area contributed by atoms with Gasteiger partial charge in [0.15, 0.2) is 0 Å². The first-order valence-electron chi connectivity index (χ1n) is 4.37. The highest BCUT2D eigenvalue weighted by atomic mass is 16.6. The second-order valence-electron chi connectivity index (χ2n) is 2.64. The summed E-state index contributed by atoms with van der Waals surface area (Å²) in [7, 11) is 0. The molecule has 88 valence electrons. The van der Waals surface area contributed by atoms with Crippen molar-refractivity contribution < 1.29 is 19.4 Å². The molecule has 0 rings (SSSR count). The first-order valence-corrected chi connectivity index (χ1v) is 4.37. The predicted molar refractivity (Wildman–Crippen MR) is 54.8 cm³/mol. The van der Waals surface area contributed by atoms with E-state index in [4.69, 9.17) is 10.6 Å². The van der Waals surface area contributed by atoms with Crippen LogP contribution in [-0.2, 0) is 9.53 Å². The minimum Gasteiger partial charge on any atom is -0.480 e. The highest BCUT2D eigenvalue weighted by Gasteiger charge is 2.16.